The number of likely N-dealkylation sites (tertiary alicyclic amines) is 1. The van der Waals surface area contributed by atoms with Gasteiger partial charge in [-0.15, -0.1) is 11.3 Å². The number of piperidine rings is 1. The second-order valence-corrected chi connectivity index (χ2v) is 10.2. The van der Waals surface area contributed by atoms with Gasteiger partial charge in [-0.05, 0) is 74.3 Å². The monoisotopic (exact) mass is 469 g/mol. The lowest BCUT2D eigenvalue weighted by molar-refractivity contribution is -0.135. The number of para-hydroxylation sites is 2. The summed E-state index contributed by atoms with van der Waals surface area (Å²) in [6.45, 7) is 7.49. The second-order valence-electron chi connectivity index (χ2n) is 9.25. The first-order valence-electron chi connectivity index (χ1n) is 11.8. The number of carbonyl (C=O) groups is 2. The van der Waals surface area contributed by atoms with Crippen molar-refractivity contribution in [3.05, 3.63) is 46.2 Å². The predicted octanol–water partition coefficient (Wildman–Crippen LogP) is 3.81. The molecular formula is C25H31N3O4S. The molecule has 4 heterocycles. The molecule has 1 aromatic heterocycles. The number of nitrogens with zero attached hydrogens (tertiary/aromatic N) is 2. The Morgan fingerprint density at radius 1 is 1.15 bits per heavy atom. The highest BCUT2D eigenvalue weighted by molar-refractivity contribution is 7.10. The second kappa shape index (κ2) is 8.99. The van der Waals surface area contributed by atoms with Crippen molar-refractivity contribution in [1.82, 2.24) is 15.1 Å². The molecule has 0 aliphatic carbocycles. The molecular weight excluding hydrogens is 438 g/mol. The van der Waals surface area contributed by atoms with E-state index in [2.05, 4.69) is 28.6 Å². The number of hydrogen-bond acceptors (Lipinski definition) is 6. The molecule has 0 radical (unpaired) electrons. The Balaban J connectivity index is 1.23. The molecule has 5 rings (SSSR count). The fourth-order valence-corrected chi connectivity index (χ4v) is 6.27. The largest absolute Gasteiger partial charge is 0.486 e. The van der Waals surface area contributed by atoms with Gasteiger partial charge in [0.05, 0.1) is 6.54 Å². The van der Waals surface area contributed by atoms with Gasteiger partial charge >= 0.3 is 6.03 Å². The first kappa shape index (κ1) is 22.2. The van der Waals surface area contributed by atoms with Crippen LogP contribution in [0.3, 0.4) is 0 Å². The quantitative estimate of drug-likeness (QED) is 0.652. The summed E-state index contributed by atoms with van der Waals surface area (Å²) in [5.74, 6) is 1.35. The van der Waals surface area contributed by atoms with Crippen LogP contribution in [-0.4, -0.2) is 59.6 Å². The number of ether oxygens (including phenoxy) is 2. The van der Waals surface area contributed by atoms with E-state index in [9.17, 15) is 9.59 Å². The lowest BCUT2D eigenvalue weighted by Gasteiger charge is -2.40. The van der Waals surface area contributed by atoms with Gasteiger partial charge in [0.25, 0.3) is 5.91 Å². The number of thiophene rings is 1. The van der Waals surface area contributed by atoms with Crippen molar-refractivity contribution in [2.24, 2.45) is 5.92 Å². The summed E-state index contributed by atoms with van der Waals surface area (Å²) in [6.07, 6.45) is 2.01. The summed E-state index contributed by atoms with van der Waals surface area (Å²) in [6, 6.07) is 9.32. The fourth-order valence-electron chi connectivity index (χ4n) is 5.33. The van der Waals surface area contributed by atoms with Crippen LogP contribution in [-0.2, 0) is 11.3 Å². The van der Waals surface area contributed by atoms with E-state index < -0.39 is 5.54 Å². The molecule has 2 atom stereocenters. The third-order valence-electron chi connectivity index (χ3n) is 7.33. The van der Waals surface area contributed by atoms with Crippen molar-refractivity contribution in [3.63, 3.8) is 0 Å². The smallest absolute Gasteiger partial charge is 0.325 e. The number of fused-ring (bicyclic) bond motifs is 1. The molecule has 2 saturated heterocycles. The zero-order valence-corrected chi connectivity index (χ0v) is 20.0. The van der Waals surface area contributed by atoms with Crippen LogP contribution in [0.4, 0.5) is 4.79 Å². The topological polar surface area (TPSA) is 71.1 Å². The summed E-state index contributed by atoms with van der Waals surface area (Å²) < 4.78 is 11.8. The number of hydrogen-bond donors (Lipinski definition) is 1. The molecule has 8 heteroatoms. The van der Waals surface area contributed by atoms with E-state index in [1.54, 1.807) is 11.3 Å². The average molecular weight is 470 g/mol. The minimum absolute atomic E-state index is 0.120. The molecule has 0 spiro atoms. The number of amides is 3. The van der Waals surface area contributed by atoms with Gasteiger partial charge in [-0.2, -0.15) is 0 Å². The normalized spacial score (nSPS) is 26.0. The highest BCUT2D eigenvalue weighted by Crippen LogP contribution is 2.37. The van der Waals surface area contributed by atoms with Crippen molar-refractivity contribution in [2.45, 2.75) is 51.3 Å². The number of imide groups is 1. The van der Waals surface area contributed by atoms with Crippen LogP contribution >= 0.6 is 11.3 Å². The van der Waals surface area contributed by atoms with Gasteiger partial charge in [0.2, 0.25) is 0 Å². The Bertz CT molecular complexity index is 1030. The lowest BCUT2D eigenvalue weighted by atomic mass is 9.75. The molecule has 176 valence electrons. The Labute approximate surface area is 198 Å². The Hall–Kier alpha value is -2.58. The number of urea groups is 1. The van der Waals surface area contributed by atoms with Gasteiger partial charge in [-0.3, -0.25) is 14.6 Å². The van der Waals surface area contributed by atoms with Crippen molar-refractivity contribution in [2.75, 3.05) is 26.2 Å². The van der Waals surface area contributed by atoms with E-state index in [1.807, 2.05) is 31.2 Å². The lowest BCUT2D eigenvalue weighted by Crippen LogP contribution is -2.56. The summed E-state index contributed by atoms with van der Waals surface area (Å²) in [7, 11) is 0. The van der Waals surface area contributed by atoms with E-state index in [0.29, 0.717) is 24.5 Å². The van der Waals surface area contributed by atoms with Crippen LogP contribution in [0.25, 0.3) is 0 Å². The third-order valence-corrected chi connectivity index (χ3v) is 8.34. The molecule has 33 heavy (non-hydrogen) atoms. The standard InChI is InChI=1S/C25H31N3O4S/c1-3-25(18-8-11-27(12-9-18)15-22-17(2)10-13-33-22)23(29)28(24(30)26-25)14-19-16-31-20-6-4-5-7-21(20)32-19/h4-7,10,13,18-19H,3,8-9,11-12,14-16H2,1-2H3,(H,26,30)/t19-,25+/m0/s1. The first-order chi connectivity index (χ1) is 16.0. The predicted molar refractivity (Wildman–Crippen MR) is 127 cm³/mol. The van der Waals surface area contributed by atoms with Gasteiger partial charge in [0.1, 0.15) is 12.1 Å². The highest BCUT2D eigenvalue weighted by atomic mass is 32.1. The van der Waals surface area contributed by atoms with Gasteiger partial charge in [0, 0.05) is 11.4 Å². The number of carbonyl (C=O) groups excluding carboxylic acids is 2. The molecule has 3 aliphatic rings. The number of nitrogens with one attached hydrogen (secondary N) is 1. The maximum Gasteiger partial charge on any atom is 0.325 e. The minimum atomic E-state index is -0.824. The molecule has 3 aliphatic heterocycles. The molecule has 1 aromatic carbocycles. The molecule has 1 N–H and O–H groups in total. The molecule has 7 nitrogen and oxygen atoms in total. The fraction of sp³-hybridized carbons (Fsp3) is 0.520. The van der Waals surface area contributed by atoms with Crippen LogP contribution in [0.1, 0.15) is 36.6 Å². The number of aryl methyl sites for hydroxylation is 1. The first-order valence-corrected chi connectivity index (χ1v) is 12.7. The van der Waals surface area contributed by atoms with Gasteiger partial charge < -0.3 is 14.8 Å². The van der Waals surface area contributed by atoms with Crippen molar-refractivity contribution in [3.8, 4) is 11.5 Å². The minimum Gasteiger partial charge on any atom is -0.486 e. The van der Waals surface area contributed by atoms with E-state index >= 15 is 0 Å². The van der Waals surface area contributed by atoms with E-state index in [4.69, 9.17) is 9.47 Å². The van der Waals surface area contributed by atoms with Crippen LogP contribution < -0.4 is 14.8 Å². The average Bonchev–Trinajstić information content (AvgIpc) is 3.35. The summed E-state index contributed by atoms with van der Waals surface area (Å²) >= 11 is 1.80. The maximum atomic E-state index is 13.6. The Morgan fingerprint density at radius 2 is 1.91 bits per heavy atom. The van der Waals surface area contributed by atoms with Crippen LogP contribution in [0.15, 0.2) is 35.7 Å². The Morgan fingerprint density at radius 3 is 2.61 bits per heavy atom. The Kier molecular flexibility index (Phi) is 6.05. The van der Waals surface area contributed by atoms with Crippen molar-refractivity contribution >= 4 is 23.3 Å². The molecule has 0 saturated carbocycles. The van der Waals surface area contributed by atoms with Crippen LogP contribution in [0.5, 0.6) is 11.5 Å². The highest BCUT2D eigenvalue weighted by Gasteiger charge is 2.55. The van der Waals surface area contributed by atoms with Crippen molar-refractivity contribution < 1.29 is 19.1 Å². The van der Waals surface area contributed by atoms with E-state index in [-0.39, 0.29) is 30.5 Å². The maximum absolute atomic E-state index is 13.6. The van der Waals surface area contributed by atoms with Crippen LogP contribution in [0.2, 0.25) is 0 Å². The van der Waals surface area contributed by atoms with Gasteiger partial charge in [0.15, 0.2) is 17.6 Å². The molecule has 3 amide bonds. The summed E-state index contributed by atoms with van der Waals surface area (Å²) in [5, 5.41) is 5.23. The number of rotatable bonds is 6. The third kappa shape index (κ3) is 4.10. The van der Waals surface area contributed by atoms with Crippen molar-refractivity contribution in [1.29, 1.82) is 0 Å². The molecule has 2 aromatic rings. The van der Waals surface area contributed by atoms with Crippen LogP contribution in [0, 0.1) is 12.8 Å². The summed E-state index contributed by atoms with van der Waals surface area (Å²) in [4.78, 5) is 31.7. The van der Waals surface area contributed by atoms with E-state index in [0.717, 1.165) is 32.5 Å². The molecule has 0 unspecified atom stereocenters. The SMILES string of the molecule is CC[C@]1(C2CCN(Cc3sccc3C)CC2)NC(=O)N(C[C@H]2COc3ccccc3O2)C1=O. The molecule has 2 fully saturated rings. The van der Waals surface area contributed by atoms with Gasteiger partial charge in [-0.1, -0.05) is 19.1 Å². The zero-order chi connectivity index (χ0) is 23.0. The zero-order valence-electron chi connectivity index (χ0n) is 19.2. The summed E-state index contributed by atoms with van der Waals surface area (Å²) in [5.41, 5.74) is 0.521. The van der Waals surface area contributed by atoms with Gasteiger partial charge in [-0.25, -0.2) is 4.79 Å². The number of benzene rings is 1. The molecule has 0 bridgehead atoms. The van der Waals surface area contributed by atoms with E-state index in [1.165, 1.54) is 15.3 Å².